The number of hydrogen-bond acceptors (Lipinski definition) is 3. The summed E-state index contributed by atoms with van der Waals surface area (Å²) in [6.45, 7) is 1.04. The van der Waals surface area contributed by atoms with Crippen molar-refractivity contribution in [2.45, 2.75) is 6.54 Å². The first-order valence-electron chi connectivity index (χ1n) is 6.06. The molecular formula is C14H15FN2O3. The summed E-state index contributed by atoms with van der Waals surface area (Å²) in [4.78, 5) is 12.1. The molecular weight excluding hydrogens is 263 g/mol. The van der Waals surface area contributed by atoms with Crippen molar-refractivity contribution in [3.63, 3.8) is 0 Å². The molecule has 2 rings (SSSR count). The Kier molecular flexibility index (Phi) is 4.37. The fraction of sp³-hybridized carbons (Fsp3) is 0.214. The third-order valence-electron chi connectivity index (χ3n) is 2.80. The maximum atomic E-state index is 13.2. The molecule has 0 spiro atoms. The average molecular weight is 278 g/mol. The average Bonchev–Trinajstić information content (AvgIpc) is 2.89. The minimum Gasteiger partial charge on any atom is -0.505 e. The largest absolute Gasteiger partial charge is 0.505 e. The summed E-state index contributed by atoms with van der Waals surface area (Å²) < 4.78 is 19.9. The zero-order chi connectivity index (χ0) is 14.5. The molecule has 0 atom stereocenters. The van der Waals surface area contributed by atoms with Gasteiger partial charge in [0, 0.05) is 31.6 Å². The minimum atomic E-state index is -0.780. The molecule has 1 amide bonds. The van der Waals surface area contributed by atoms with Crippen LogP contribution >= 0.6 is 0 Å². The fourth-order valence-electron chi connectivity index (χ4n) is 1.78. The Bertz CT molecular complexity index is 610. The van der Waals surface area contributed by atoms with Gasteiger partial charge in [0.15, 0.2) is 11.6 Å². The highest BCUT2D eigenvalue weighted by molar-refractivity contribution is 6.03. The monoisotopic (exact) mass is 278 g/mol. The van der Waals surface area contributed by atoms with Crippen LogP contribution in [0.2, 0.25) is 0 Å². The molecule has 2 N–H and O–H groups in total. The van der Waals surface area contributed by atoms with Gasteiger partial charge in [-0.1, -0.05) is 0 Å². The number of aromatic hydroxyl groups is 1. The van der Waals surface area contributed by atoms with Crippen LogP contribution in [0.1, 0.15) is 10.5 Å². The van der Waals surface area contributed by atoms with Crippen molar-refractivity contribution in [3.8, 4) is 5.75 Å². The Morgan fingerprint density at radius 1 is 1.45 bits per heavy atom. The molecule has 5 nitrogen and oxygen atoms in total. The van der Waals surface area contributed by atoms with Gasteiger partial charge in [0.25, 0.3) is 5.91 Å². The molecule has 106 valence electrons. The molecule has 0 saturated carbocycles. The van der Waals surface area contributed by atoms with E-state index in [-0.39, 0.29) is 11.6 Å². The summed E-state index contributed by atoms with van der Waals surface area (Å²) in [7, 11) is 1.59. The molecule has 0 saturated heterocycles. The normalized spacial score (nSPS) is 10.5. The van der Waals surface area contributed by atoms with Crippen molar-refractivity contribution in [1.29, 1.82) is 0 Å². The van der Waals surface area contributed by atoms with E-state index >= 15 is 0 Å². The van der Waals surface area contributed by atoms with Gasteiger partial charge in [-0.25, -0.2) is 4.39 Å². The molecule has 20 heavy (non-hydrogen) atoms. The highest BCUT2D eigenvalue weighted by Crippen LogP contribution is 2.20. The highest BCUT2D eigenvalue weighted by atomic mass is 19.1. The number of anilines is 1. The van der Waals surface area contributed by atoms with E-state index in [1.54, 1.807) is 30.0 Å². The molecule has 1 aromatic carbocycles. The number of hydrogen-bond donors (Lipinski definition) is 2. The van der Waals surface area contributed by atoms with Crippen molar-refractivity contribution in [1.82, 2.24) is 4.57 Å². The summed E-state index contributed by atoms with van der Waals surface area (Å²) in [5, 5.41) is 11.7. The number of ether oxygens (including phenoxy) is 1. The van der Waals surface area contributed by atoms with Crippen LogP contribution in [0.3, 0.4) is 0 Å². The maximum Gasteiger partial charge on any atom is 0.272 e. The maximum absolute atomic E-state index is 13.2. The number of rotatable bonds is 5. The van der Waals surface area contributed by atoms with Crippen LogP contribution in [0.4, 0.5) is 10.1 Å². The van der Waals surface area contributed by atoms with Gasteiger partial charge in [-0.3, -0.25) is 4.79 Å². The standard InChI is InChI=1S/C14H15FN2O3/c1-20-8-7-17-6-2-3-12(17)14(19)16-10-4-5-13(18)11(15)9-10/h2-6,9,18H,7-8H2,1H3,(H,16,19). The van der Waals surface area contributed by atoms with E-state index in [1.807, 2.05) is 0 Å². The van der Waals surface area contributed by atoms with Crippen LogP contribution in [0.15, 0.2) is 36.5 Å². The molecule has 0 radical (unpaired) electrons. The number of halogens is 1. The lowest BCUT2D eigenvalue weighted by atomic mass is 10.2. The van der Waals surface area contributed by atoms with E-state index in [0.717, 1.165) is 6.07 Å². The Labute approximate surface area is 115 Å². The van der Waals surface area contributed by atoms with Crippen LogP contribution in [-0.2, 0) is 11.3 Å². The molecule has 0 aliphatic rings. The quantitative estimate of drug-likeness (QED) is 0.824. The molecule has 0 aliphatic carbocycles. The van der Waals surface area contributed by atoms with Crippen LogP contribution in [0, 0.1) is 5.82 Å². The lowest BCUT2D eigenvalue weighted by molar-refractivity contribution is 0.101. The molecule has 0 bridgehead atoms. The number of benzene rings is 1. The number of nitrogens with zero attached hydrogens (tertiary/aromatic N) is 1. The smallest absolute Gasteiger partial charge is 0.272 e. The summed E-state index contributed by atoms with van der Waals surface area (Å²) in [5.74, 6) is -1.58. The van der Waals surface area contributed by atoms with E-state index in [4.69, 9.17) is 9.84 Å². The lowest BCUT2D eigenvalue weighted by Crippen LogP contribution is -2.18. The van der Waals surface area contributed by atoms with E-state index in [0.29, 0.717) is 18.8 Å². The second-order valence-corrected chi connectivity index (χ2v) is 4.20. The minimum absolute atomic E-state index is 0.282. The van der Waals surface area contributed by atoms with Gasteiger partial charge in [0.2, 0.25) is 0 Å². The fourth-order valence-corrected chi connectivity index (χ4v) is 1.78. The van der Waals surface area contributed by atoms with Crippen molar-refractivity contribution in [2.24, 2.45) is 0 Å². The molecule has 0 fully saturated rings. The number of methoxy groups -OCH3 is 1. The number of carbonyl (C=O) groups excluding carboxylic acids is 1. The number of aromatic nitrogens is 1. The van der Waals surface area contributed by atoms with Gasteiger partial charge in [0.05, 0.1) is 6.61 Å². The van der Waals surface area contributed by atoms with Crippen LogP contribution in [0.5, 0.6) is 5.75 Å². The molecule has 2 aromatic rings. The SMILES string of the molecule is COCCn1cccc1C(=O)Nc1ccc(O)c(F)c1. The highest BCUT2D eigenvalue weighted by Gasteiger charge is 2.12. The predicted octanol–water partition coefficient (Wildman–Crippen LogP) is 2.23. The number of phenols is 1. The van der Waals surface area contributed by atoms with Gasteiger partial charge in [-0.05, 0) is 24.3 Å². The van der Waals surface area contributed by atoms with E-state index in [9.17, 15) is 9.18 Å². The summed E-state index contributed by atoms with van der Waals surface area (Å²) in [6, 6.07) is 7.10. The second kappa shape index (κ2) is 6.21. The van der Waals surface area contributed by atoms with Crippen molar-refractivity contribution < 1.29 is 19.0 Å². The number of amides is 1. The first kappa shape index (κ1) is 14.1. The molecule has 0 aliphatic heterocycles. The van der Waals surface area contributed by atoms with Crippen LogP contribution < -0.4 is 5.32 Å². The van der Waals surface area contributed by atoms with Crippen molar-refractivity contribution in [2.75, 3.05) is 19.0 Å². The number of nitrogens with one attached hydrogen (secondary N) is 1. The number of phenolic OH excluding ortho intramolecular Hbond substituents is 1. The Morgan fingerprint density at radius 3 is 2.95 bits per heavy atom. The molecule has 1 heterocycles. The van der Waals surface area contributed by atoms with E-state index in [1.165, 1.54) is 12.1 Å². The zero-order valence-electron chi connectivity index (χ0n) is 11.0. The Morgan fingerprint density at radius 2 is 2.25 bits per heavy atom. The van der Waals surface area contributed by atoms with Gasteiger partial charge in [-0.2, -0.15) is 0 Å². The first-order chi connectivity index (χ1) is 9.61. The summed E-state index contributed by atoms with van der Waals surface area (Å²) >= 11 is 0. The Balaban J connectivity index is 2.11. The topological polar surface area (TPSA) is 63.5 Å². The Hall–Kier alpha value is -2.34. The second-order valence-electron chi connectivity index (χ2n) is 4.20. The van der Waals surface area contributed by atoms with E-state index in [2.05, 4.69) is 5.32 Å². The summed E-state index contributed by atoms with van der Waals surface area (Å²) in [5.41, 5.74) is 0.736. The third kappa shape index (κ3) is 3.16. The molecule has 6 heteroatoms. The predicted molar refractivity (Wildman–Crippen MR) is 72.3 cm³/mol. The van der Waals surface area contributed by atoms with Gasteiger partial charge >= 0.3 is 0 Å². The van der Waals surface area contributed by atoms with E-state index < -0.39 is 11.6 Å². The van der Waals surface area contributed by atoms with Crippen molar-refractivity contribution >= 4 is 11.6 Å². The lowest BCUT2D eigenvalue weighted by Gasteiger charge is -2.09. The van der Waals surface area contributed by atoms with Gasteiger partial charge < -0.3 is 19.7 Å². The number of carbonyl (C=O) groups is 1. The van der Waals surface area contributed by atoms with Crippen molar-refractivity contribution in [3.05, 3.63) is 48.0 Å². The molecule has 0 unspecified atom stereocenters. The van der Waals surface area contributed by atoms with Gasteiger partial charge in [0.1, 0.15) is 5.69 Å². The van der Waals surface area contributed by atoms with Crippen LogP contribution in [0.25, 0.3) is 0 Å². The van der Waals surface area contributed by atoms with Gasteiger partial charge in [-0.15, -0.1) is 0 Å². The first-order valence-corrected chi connectivity index (χ1v) is 6.06. The third-order valence-corrected chi connectivity index (χ3v) is 2.80. The zero-order valence-corrected chi connectivity index (χ0v) is 11.0. The summed E-state index contributed by atoms with van der Waals surface area (Å²) in [6.07, 6.45) is 1.77. The molecule has 1 aromatic heterocycles. The van der Waals surface area contributed by atoms with Crippen LogP contribution in [-0.4, -0.2) is 29.3 Å².